The van der Waals surface area contributed by atoms with E-state index in [4.69, 9.17) is 4.99 Å². The Morgan fingerprint density at radius 1 is 1.13 bits per heavy atom. The minimum Gasteiger partial charge on any atom is -0.494 e. The van der Waals surface area contributed by atoms with E-state index in [1.807, 2.05) is 43.3 Å². The topological polar surface area (TPSA) is 111 Å². The van der Waals surface area contributed by atoms with Gasteiger partial charge < -0.3 is 5.11 Å². The molecule has 0 unspecified atom stereocenters. The maximum atomic E-state index is 12.3. The van der Waals surface area contributed by atoms with Crippen molar-refractivity contribution < 1.29 is 14.8 Å². The molecule has 4 rings (SSSR count). The highest BCUT2D eigenvalue weighted by Gasteiger charge is 2.25. The average Bonchev–Trinajstić information content (AvgIpc) is 3.05. The number of pyridine rings is 1. The Labute approximate surface area is 177 Å². The summed E-state index contributed by atoms with van der Waals surface area (Å²) in [4.78, 5) is 32.0. The van der Waals surface area contributed by atoms with E-state index in [2.05, 4.69) is 4.98 Å². The van der Waals surface area contributed by atoms with Crippen LogP contribution in [0.25, 0.3) is 10.9 Å². The van der Waals surface area contributed by atoms with Crippen LogP contribution in [0.2, 0.25) is 0 Å². The molecular weight excluding hydrogens is 396 g/mol. The molecule has 0 saturated heterocycles. The monoisotopic (exact) mass is 414 g/mol. The summed E-state index contributed by atoms with van der Waals surface area (Å²) in [6, 6.07) is 17.0. The molecule has 31 heavy (non-hydrogen) atoms. The third-order valence-electron chi connectivity index (χ3n) is 4.87. The normalized spacial score (nSPS) is 11.6. The number of nitrogens with zero attached hydrogens (tertiary/aromatic N) is 4. The smallest absolute Gasteiger partial charge is 0.271 e. The summed E-state index contributed by atoms with van der Waals surface area (Å²) in [7, 11) is 0. The number of aromatic nitrogens is 2. The zero-order valence-electron chi connectivity index (χ0n) is 16.8. The Morgan fingerprint density at radius 3 is 2.48 bits per heavy atom. The van der Waals surface area contributed by atoms with Gasteiger partial charge in [-0.25, -0.2) is 9.56 Å². The van der Waals surface area contributed by atoms with Gasteiger partial charge in [-0.05, 0) is 25.1 Å². The summed E-state index contributed by atoms with van der Waals surface area (Å²) >= 11 is 0. The molecule has 0 amide bonds. The quantitative estimate of drug-likeness (QED) is 0.293. The maximum Gasteiger partial charge on any atom is 0.271 e. The Hall–Kier alpha value is -4.33. The van der Waals surface area contributed by atoms with Crippen molar-refractivity contribution in [1.82, 2.24) is 9.55 Å². The number of nitro groups is 1. The van der Waals surface area contributed by atoms with Crippen LogP contribution in [0, 0.1) is 17.0 Å². The zero-order valence-corrected chi connectivity index (χ0v) is 16.8. The van der Waals surface area contributed by atoms with Crippen LogP contribution >= 0.6 is 0 Å². The molecule has 4 aromatic rings. The second-order valence-corrected chi connectivity index (χ2v) is 7.00. The van der Waals surface area contributed by atoms with Crippen LogP contribution in [0.15, 0.2) is 71.9 Å². The van der Waals surface area contributed by atoms with Crippen molar-refractivity contribution in [3.8, 4) is 5.88 Å². The standard InChI is InChI=1S/C23H18N4O4/c1-14-8-9-17(13-24-14)25-22(16-6-4-3-5-7-16)21-19-11-10-18(27(30)31)12-20(19)26(15(2)28)23(21)29/h3-13,29H,1-2H3. The predicted molar refractivity (Wildman–Crippen MR) is 117 cm³/mol. The van der Waals surface area contributed by atoms with Gasteiger partial charge in [0.25, 0.3) is 5.69 Å². The van der Waals surface area contributed by atoms with Gasteiger partial charge >= 0.3 is 0 Å². The summed E-state index contributed by atoms with van der Waals surface area (Å²) in [6.07, 6.45) is 1.62. The Balaban J connectivity index is 2.07. The highest BCUT2D eigenvalue weighted by Crippen LogP contribution is 2.36. The lowest BCUT2D eigenvalue weighted by Crippen LogP contribution is -2.06. The number of non-ortho nitro benzene ring substituents is 1. The van der Waals surface area contributed by atoms with Gasteiger partial charge in [0.1, 0.15) is 0 Å². The molecule has 0 aliphatic carbocycles. The van der Waals surface area contributed by atoms with Gasteiger partial charge in [-0.15, -0.1) is 0 Å². The van der Waals surface area contributed by atoms with Gasteiger partial charge in [-0.3, -0.25) is 19.9 Å². The molecule has 2 aromatic heterocycles. The van der Waals surface area contributed by atoms with Crippen LogP contribution in [-0.2, 0) is 0 Å². The average molecular weight is 414 g/mol. The van der Waals surface area contributed by atoms with E-state index >= 15 is 0 Å². The van der Waals surface area contributed by atoms with E-state index in [0.717, 1.165) is 10.3 Å². The van der Waals surface area contributed by atoms with Crippen LogP contribution in [0.3, 0.4) is 0 Å². The molecule has 0 aliphatic rings. The number of fused-ring (bicyclic) bond motifs is 1. The number of aryl methyl sites for hydroxylation is 1. The van der Waals surface area contributed by atoms with E-state index in [0.29, 0.717) is 27.9 Å². The zero-order chi connectivity index (χ0) is 22.1. The van der Waals surface area contributed by atoms with Gasteiger partial charge in [0.15, 0.2) is 0 Å². The van der Waals surface area contributed by atoms with E-state index in [1.54, 1.807) is 12.3 Å². The van der Waals surface area contributed by atoms with E-state index < -0.39 is 10.8 Å². The summed E-state index contributed by atoms with van der Waals surface area (Å²) in [5, 5.41) is 22.8. The number of nitro benzene ring substituents is 1. The lowest BCUT2D eigenvalue weighted by atomic mass is 10.0. The third kappa shape index (κ3) is 3.66. The van der Waals surface area contributed by atoms with Gasteiger partial charge in [0.2, 0.25) is 11.8 Å². The molecule has 0 aliphatic heterocycles. The minimum atomic E-state index is -0.544. The first-order chi connectivity index (χ1) is 14.9. The molecule has 8 heteroatoms. The number of benzene rings is 2. The van der Waals surface area contributed by atoms with Gasteiger partial charge in [0.05, 0.1) is 33.6 Å². The molecule has 8 nitrogen and oxygen atoms in total. The first-order valence-electron chi connectivity index (χ1n) is 9.46. The molecule has 0 saturated carbocycles. The van der Waals surface area contributed by atoms with Crippen molar-refractivity contribution in [2.24, 2.45) is 4.99 Å². The SMILES string of the molecule is CC(=O)n1c(O)c(C(=Nc2ccc(C)nc2)c2ccccc2)c2ccc([N+](=O)[O-])cc21. The van der Waals surface area contributed by atoms with Crippen LogP contribution in [0.5, 0.6) is 5.88 Å². The Morgan fingerprint density at radius 2 is 1.87 bits per heavy atom. The Kier molecular flexibility index (Phi) is 5.04. The first kappa shape index (κ1) is 20.0. The Bertz CT molecular complexity index is 1340. The third-order valence-corrected chi connectivity index (χ3v) is 4.87. The van der Waals surface area contributed by atoms with Crippen molar-refractivity contribution in [3.05, 3.63) is 93.8 Å². The summed E-state index contributed by atoms with van der Waals surface area (Å²) in [5.74, 6) is -0.802. The number of hydrogen-bond donors (Lipinski definition) is 1. The van der Waals surface area contributed by atoms with Crippen LogP contribution in [0.4, 0.5) is 11.4 Å². The van der Waals surface area contributed by atoms with Crippen molar-refractivity contribution in [3.63, 3.8) is 0 Å². The molecule has 2 heterocycles. The van der Waals surface area contributed by atoms with Crippen molar-refractivity contribution >= 4 is 33.9 Å². The fourth-order valence-electron chi connectivity index (χ4n) is 3.44. The molecule has 154 valence electrons. The number of carbonyl (C=O) groups is 1. The lowest BCUT2D eigenvalue weighted by Gasteiger charge is -2.08. The maximum absolute atomic E-state index is 12.3. The van der Waals surface area contributed by atoms with Crippen LogP contribution in [-0.4, -0.2) is 31.2 Å². The fourth-order valence-corrected chi connectivity index (χ4v) is 3.44. The van der Waals surface area contributed by atoms with E-state index in [1.165, 1.54) is 25.1 Å². The van der Waals surface area contributed by atoms with E-state index in [9.17, 15) is 20.0 Å². The molecule has 1 N–H and O–H groups in total. The van der Waals surface area contributed by atoms with Crippen LogP contribution < -0.4 is 0 Å². The fraction of sp³-hybridized carbons (Fsp3) is 0.0870. The highest BCUT2D eigenvalue weighted by molar-refractivity contribution is 6.23. The summed E-state index contributed by atoms with van der Waals surface area (Å²) in [5.41, 5.74) is 2.90. The predicted octanol–water partition coefficient (Wildman–Crippen LogP) is 4.79. The summed E-state index contributed by atoms with van der Waals surface area (Å²) in [6.45, 7) is 3.15. The van der Waals surface area contributed by atoms with Gasteiger partial charge in [0, 0.05) is 35.7 Å². The molecule has 0 bridgehead atoms. The number of rotatable bonds is 4. The molecule has 2 aromatic carbocycles. The lowest BCUT2D eigenvalue weighted by molar-refractivity contribution is -0.384. The molecule has 0 spiro atoms. The number of aromatic hydroxyl groups is 1. The van der Waals surface area contributed by atoms with E-state index in [-0.39, 0.29) is 17.1 Å². The van der Waals surface area contributed by atoms with Crippen molar-refractivity contribution in [2.75, 3.05) is 0 Å². The minimum absolute atomic E-state index is 0.181. The number of carbonyl (C=O) groups excluding carboxylic acids is 1. The first-order valence-corrected chi connectivity index (χ1v) is 9.46. The van der Waals surface area contributed by atoms with Crippen molar-refractivity contribution in [1.29, 1.82) is 0 Å². The second-order valence-electron chi connectivity index (χ2n) is 7.00. The van der Waals surface area contributed by atoms with Gasteiger partial charge in [-0.2, -0.15) is 0 Å². The largest absolute Gasteiger partial charge is 0.494 e. The molecule has 0 fully saturated rings. The second kappa shape index (κ2) is 7.83. The highest BCUT2D eigenvalue weighted by atomic mass is 16.6. The number of hydrogen-bond acceptors (Lipinski definition) is 6. The molecular formula is C23H18N4O4. The van der Waals surface area contributed by atoms with Crippen molar-refractivity contribution in [2.45, 2.75) is 13.8 Å². The summed E-state index contributed by atoms with van der Waals surface area (Å²) < 4.78 is 1.06. The molecule has 0 radical (unpaired) electrons. The van der Waals surface area contributed by atoms with Crippen LogP contribution in [0.1, 0.15) is 28.5 Å². The molecule has 0 atom stereocenters. The van der Waals surface area contributed by atoms with Gasteiger partial charge in [-0.1, -0.05) is 30.3 Å². The number of aliphatic imine (C=N–C) groups is 1.